The van der Waals surface area contributed by atoms with Crippen LogP contribution in [-0.2, 0) is 16.0 Å². The molecule has 33 heavy (non-hydrogen) atoms. The van der Waals surface area contributed by atoms with Gasteiger partial charge in [0.15, 0.2) is 4.34 Å². The molecular formula is C24H25ClN4O2S2. The lowest BCUT2D eigenvalue weighted by atomic mass is 10.2. The summed E-state index contributed by atoms with van der Waals surface area (Å²) in [7, 11) is 0. The molecule has 1 aliphatic heterocycles. The van der Waals surface area contributed by atoms with Gasteiger partial charge in [0, 0.05) is 48.0 Å². The van der Waals surface area contributed by atoms with Crippen LogP contribution in [0.2, 0.25) is 5.02 Å². The SMILES string of the molecule is Cc1ccc(NC(=O)CSc2nc(CC(=O)N3CCN(c4ccc(Cl)cc4)CC3)cs2)cc1. The number of thiazole rings is 1. The second kappa shape index (κ2) is 11.0. The second-order valence-electron chi connectivity index (χ2n) is 7.83. The Morgan fingerprint density at radius 3 is 2.45 bits per heavy atom. The van der Waals surface area contributed by atoms with E-state index in [4.69, 9.17) is 11.6 Å². The largest absolute Gasteiger partial charge is 0.368 e. The fourth-order valence-corrected chi connectivity index (χ4v) is 5.30. The predicted molar refractivity (Wildman–Crippen MR) is 137 cm³/mol. The Hall–Kier alpha value is -2.55. The van der Waals surface area contributed by atoms with Gasteiger partial charge in [-0.05, 0) is 43.3 Å². The van der Waals surface area contributed by atoms with Gasteiger partial charge >= 0.3 is 0 Å². The van der Waals surface area contributed by atoms with Gasteiger partial charge in [-0.1, -0.05) is 41.1 Å². The average Bonchev–Trinajstić information content (AvgIpc) is 3.27. The van der Waals surface area contributed by atoms with Crippen molar-refractivity contribution in [1.29, 1.82) is 0 Å². The number of rotatable bonds is 7. The van der Waals surface area contributed by atoms with Crippen LogP contribution in [0.5, 0.6) is 0 Å². The molecule has 0 radical (unpaired) electrons. The molecule has 0 bridgehead atoms. The van der Waals surface area contributed by atoms with Crippen molar-refractivity contribution in [2.24, 2.45) is 0 Å². The van der Waals surface area contributed by atoms with E-state index in [1.807, 2.05) is 65.7 Å². The summed E-state index contributed by atoms with van der Waals surface area (Å²) in [6.07, 6.45) is 0.285. The maximum Gasteiger partial charge on any atom is 0.234 e. The minimum atomic E-state index is -0.0739. The zero-order valence-electron chi connectivity index (χ0n) is 18.3. The highest BCUT2D eigenvalue weighted by atomic mass is 35.5. The van der Waals surface area contributed by atoms with Gasteiger partial charge in [0.05, 0.1) is 17.9 Å². The number of nitrogens with one attached hydrogen (secondary N) is 1. The maximum absolute atomic E-state index is 12.7. The Morgan fingerprint density at radius 1 is 1.06 bits per heavy atom. The number of halogens is 1. The summed E-state index contributed by atoms with van der Waals surface area (Å²) in [6.45, 7) is 4.97. The standard InChI is InChI=1S/C24H25ClN4O2S2/c1-17-2-6-19(7-3-17)26-22(30)16-33-24-27-20(15-32-24)14-23(31)29-12-10-28(11-13-29)21-8-4-18(25)5-9-21/h2-9,15H,10-14,16H2,1H3,(H,26,30). The first-order valence-electron chi connectivity index (χ1n) is 10.7. The normalized spacial score (nSPS) is 13.8. The van der Waals surface area contributed by atoms with Gasteiger partial charge in [0.2, 0.25) is 11.8 Å². The summed E-state index contributed by atoms with van der Waals surface area (Å²) in [5.74, 6) is 0.293. The van der Waals surface area contributed by atoms with E-state index in [0.717, 1.165) is 45.1 Å². The molecule has 9 heteroatoms. The third-order valence-corrected chi connectivity index (χ3v) is 7.67. The third kappa shape index (κ3) is 6.72. The maximum atomic E-state index is 12.7. The van der Waals surface area contributed by atoms with Crippen molar-refractivity contribution in [1.82, 2.24) is 9.88 Å². The van der Waals surface area contributed by atoms with E-state index in [-0.39, 0.29) is 24.0 Å². The van der Waals surface area contributed by atoms with Crippen molar-refractivity contribution in [2.45, 2.75) is 17.7 Å². The number of nitrogens with zero attached hydrogens (tertiary/aromatic N) is 3. The van der Waals surface area contributed by atoms with Crippen molar-refractivity contribution in [3.63, 3.8) is 0 Å². The van der Waals surface area contributed by atoms with Gasteiger partial charge in [0.1, 0.15) is 0 Å². The van der Waals surface area contributed by atoms with E-state index >= 15 is 0 Å². The van der Waals surface area contributed by atoms with E-state index in [0.29, 0.717) is 13.1 Å². The number of carbonyl (C=O) groups excluding carboxylic acids is 2. The number of benzene rings is 2. The molecule has 172 valence electrons. The van der Waals surface area contributed by atoms with Crippen LogP contribution in [0.25, 0.3) is 0 Å². The fourth-order valence-electron chi connectivity index (χ4n) is 3.53. The first-order valence-corrected chi connectivity index (χ1v) is 12.9. The number of hydrogen-bond acceptors (Lipinski definition) is 6. The van der Waals surface area contributed by atoms with E-state index in [1.54, 1.807) is 0 Å². The smallest absolute Gasteiger partial charge is 0.234 e. The molecule has 4 rings (SSSR count). The Morgan fingerprint density at radius 2 is 1.76 bits per heavy atom. The Labute approximate surface area is 207 Å². The molecule has 1 fully saturated rings. The Bertz CT molecular complexity index is 1090. The first-order chi connectivity index (χ1) is 16.0. The van der Waals surface area contributed by atoms with E-state index in [1.165, 1.54) is 23.1 Å². The number of piperazine rings is 1. The minimum absolute atomic E-state index is 0.0739. The van der Waals surface area contributed by atoms with Gasteiger partial charge in [-0.3, -0.25) is 9.59 Å². The third-order valence-electron chi connectivity index (χ3n) is 5.35. The average molecular weight is 501 g/mol. The zero-order chi connectivity index (χ0) is 23.2. The lowest BCUT2D eigenvalue weighted by Crippen LogP contribution is -2.49. The van der Waals surface area contributed by atoms with Crippen molar-refractivity contribution in [3.05, 3.63) is 70.2 Å². The molecule has 0 saturated carbocycles. The molecule has 1 saturated heterocycles. The molecule has 0 atom stereocenters. The lowest BCUT2D eigenvalue weighted by Gasteiger charge is -2.36. The summed E-state index contributed by atoms with van der Waals surface area (Å²) in [5.41, 5.74) is 3.81. The number of aryl methyl sites for hydroxylation is 1. The van der Waals surface area contributed by atoms with Crippen LogP contribution in [0, 0.1) is 6.92 Å². The van der Waals surface area contributed by atoms with E-state index in [2.05, 4.69) is 15.2 Å². The predicted octanol–water partition coefficient (Wildman–Crippen LogP) is 4.73. The van der Waals surface area contributed by atoms with Gasteiger partial charge < -0.3 is 15.1 Å². The molecule has 2 amide bonds. The number of amides is 2. The van der Waals surface area contributed by atoms with Crippen LogP contribution in [0.4, 0.5) is 11.4 Å². The molecule has 2 aromatic carbocycles. The molecular weight excluding hydrogens is 476 g/mol. The highest BCUT2D eigenvalue weighted by molar-refractivity contribution is 8.01. The molecule has 6 nitrogen and oxygen atoms in total. The molecule has 0 unspecified atom stereocenters. The molecule has 2 heterocycles. The van der Waals surface area contributed by atoms with Crippen LogP contribution < -0.4 is 10.2 Å². The Kier molecular flexibility index (Phi) is 7.90. The van der Waals surface area contributed by atoms with Crippen molar-refractivity contribution >= 4 is 57.9 Å². The number of carbonyl (C=O) groups is 2. The first kappa shape index (κ1) is 23.6. The summed E-state index contributed by atoms with van der Waals surface area (Å²) in [4.78, 5) is 33.6. The van der Waals surface area contributed by atoms with Crippen LogP contribution in [0.3, 0.4) is 0 Å². The zero-order valence-corrected chi connectivity index (χ0v) is 20.7. The molecule has 1 N–H and O–H groups in total. The molecule has 1 aromatic heterocycles. The van der Waals surface area contributed by atoms with Crippen molar-refractivity contribution in [3.8, 4) is 0 Å². The minimum Gasteiger partial charge on any atom is -0.368 e. The van der Waals surface area contributed by atoms with Crippen LogP contribution >= 0.6 is 34.7 Å². The molecule has 3 aromatic rings. The number of anilines is 2. The summed E-state index contributed by atoms with van der Waals surface area (Å²) < 4.78 is 0.796. The summed E-state index contributed by atoms with van der Waals surface area (Å²) in [6, 6.07) is 15.5. The monoisotopic (exact) mass is 500 g/mol. The van der Waals surface area contributed by atoms with E-state index in [9.17, 15) is 9.59 Å². The fraction of sp³-hybridized carbons (Fsp3) is 0.292. The lowest BCUT2D eigenvalue weighted by molar-refractivity contribution is -0.130. The van der Waals surface area contributed by atoms with Gasteiger partial charge in [0.25, 0.3) is 0 Å². The summed E-state index contributed by atoms with van der Waals surface area (Å²) in [5, 5.41) is 5.51. The number of thioether (sulfide) groups is 1. The van der Waals surface area contributed by atoms with Crippen molar-refractivity contribution in [2.75, 3.05) is 42.1 Å². The highest BCUT2D eigenvalue weighted by Crippen LogP contribution is 2.24. The number of hydrogen-bond donors (Lipinski definition) is 1. The quantitative estimate of drug-likeness (QED) is 0.475. The summed E-state index contributed by atoms with van der Waals surface area (Å²) >= 11 is 8.83. The molecule has 1 aliphatic rings. The van der Waals surface area contributed by atoms with Crippen molar-refractivity contribution < 1.29 is 9.59 Å². The van der Waals surface area contributed by atoms with Crippen LogP contribution in [0.15, 0.2) is 58.3 Å². The highest BCUT2D eigenvalue weighted by Gasteiger charge is 2.22. The van der Waals surface area contributed by atoms with Gasteiger partial charge in [-0.25, -0.2) is 4.98 Å². The second-order valence-corrected chi connectivity index (χ2v) is 10.3. The topological polar surface area (TPSA) is 65.5 Å². The van der Waals surface area contributed by atoms with Crippen LogP contribution in [0.1, 0.15) is 11.3 Å². The van der Waals surface area contributed by atoms with Crippen LogP contribution in [-0.4, -0.2) is 53.6 Å². The van der Waals surface area contributed by atoms with Gasteiger partial charge in [-0.2, -0.15) is 0 Å². The van der Waals surface area contributed by atoms with Gasteiger partial charge in [-0.15, -0.1) is 11.3 Å². The van der Waals surface area contributed by atoms with E-state index < -0.39 is 0 Å². The molecule has 0 spiro atoms. The number of aromatic nitrogens is 1. The Balaban J connectivity index is 1.21. The molecule has 0 aliphatic carbocycles.